The van der Waals surface area contributed by atoms with Crippen molar-refractivity contribution in [3.05, 3.63) is 16.1 Å². The molecule has 1 aromatic rings. The van der Waals surface area contributed by atoms with Crippen LogP contribution in [0.5, 0.6) is 0 Å². The monoisotopic (exact) mass is 304 g/mol. The lowest BCUT2D eigenvalue weighted by Gasteiger charge is -2.31. The maximum Gasteiger partial charge on any atom is 0.145 e. The third kappa shape index (κ3) is 2.14. The lowest BCUT2D eigenvalue weighted by atomic mass is 10.1. The van der Waals surface area contributed by atoms with Gasteiger partial charge in [0.1, 0.15) is 12.1 Å². The van der Waals surface area contributed by atoms with E-state index in [1.807, 2.05) is 6.20 Å². The van der Waals surface area contributed by atoms with Gasteiger partial charge in [0, 0.05) is 25.3 Å². The molecule has 1 aliphatic heterocycles. The van der Waals surface area contributed by atoms with Gasteiger partial charge in [0.25, 0.3) is 0 Å². The van der Waals surface area contributed by atoms with Crippen molar-refractivity contribution in [2.75, 3.05) is 18.0 Å². The topological polar surface area (TPSA) is 55.0 Å². The van der Waals surface area contributed by atoms with E-state index >= 15 is 0 Å². The zero-order chi connectivity index (χ0) is 9.97. The number of halogens is 1. The number of piperidine rings is 1. The summed E-state index contributed by atoms with van der Waals surface area (Å²) >= 11 is 2.26. The summed E-state index contributed by atoms with van der Waals surface area (Å²) in [5, 5.41) is 0. The summed E-state index contributed by atoms with van der Waals surface area (Å²) in [4.78, 5) is 10.5. The van der Waals surface area contributed by atoms with Gasteiger partial charge in [-0.1, -0.05) is 0 Å². The molecule has 0 aliphatic carbocycles. The summed E-state index contributed by atoms with van der Waals surface area (Å²) in [6.07, 6.45) is 5.71. The predicted octanol–water partition coefficient (Wildman–Crippen LogP) is 1.01. The summed E-state index contributed by atoms with van der Waals surface area (Å²) in [6, 6.07) is 0.287. The summed E-state index contributed by atoms with van der Waals surface area (Å²) in [7, 11) is 0. The molecule has 0 amide bonds. The number of nitrogens with two attached hydrogens (primary N) is 1. The van der Waals surface area contributed by atoms with Gasteiger partial charge in [-0.05, 0) is 35.4 Å². The molecule has 1 aliphatic rings. The van der Waals surface area contributed by atoms with Crippen LogP contribution in [0.3, 0.4) is 0 Å². The summed E-state index contributed by atoms with van der Waals surface area (Å²) in [5.74, 6) is 1.02. The molecular weight excluding hydrogens is 291 g/mol. The molecule has 14 heavy (non-hydrogen) atoms. The second-order valence-corrected chi connectivity index (χ2v) is 4.70. The van der Waals surface area contributed by atoms with Crippen LogP contribution in [0, 0.1) is 3.57 Å². The highest BCUT2D eigenvalue weighted by Crippen LogP contribution is 2.21. The normalized spacial score (nSPS) is 22.4. The Labute approximate surface area is 97.1 Å². The van der Waals surface area contributed by atoms with Gasteiger partial charge in [-0.25, -0.2) is 9.97 Å². The number of rotatable bonds is 1. The zero-order valence-corrected chi connectivity index (χ0v) is 10.0. The Morgan fingerprint density at radius 1 is 1.57 bits per heavy atom. The second-order valence-electron chi connectivity index (χ2n) is 3.54. The van der Waals surface area contributed by atoms with Crippen LogP contribution in [0.1, 0.15) is 12.8 Å². The van der Waals surface area contributed by atoms with Crippen molar-refractivity contribution in [2.45, 2.75) is 18.9 Å². The van der Waals surface area contributed by atoms with Crippen LogP contribution in [0.25, 0.3) is 0 Å². The van der Waals surface area contributed by atoms with Crippen LogP contribution in [0.2, 0.25) is 0 Å². The standard InChI is InChI=1S/C9H13IN4/c10-8-4-12-6-13-9(8)14-3-1-2-7(11)5-14/h4,6-7H,1-3,5,11H2/t7-/m1/s1. The van der Waals surface area contributed by atoms with Crippen molar-refractivity contribution in [1.29, 1.82) is 0 Å². The van der Waals surface area contributed by atoms with E-state index in [4.69, 9.17) is 5.73 Å². The molecule has 0 saturated carbocycles. The first-order chi connectivity index (χ1) is 6.77. The molecule has 0 aromatic carbocycles. The van der Waals surface area contributed by atoms with Gasteiger partial charge >= 0.3 is 0 Å². The Morgan fingerprint density at radius 3 is 3.14 bits per heavy atom. The van der Waals surface area contributed by atoms with Crippen LogP contribution in [0.4, 0.5) is 5.82 Å². The summed E-state index contributed by atoms with van der Waals surface area (Å²) < 4.78 is 1.10. The van der Waals surface area contributed by atoms with E-state index < -0.39 is 0 Å². The molecule has 1 fully saturated rings. The first-order valence-electron chi connectivity index (χ1n) is 4.73. The van der Waals surface area contributed by atoms with Crippen LogP contribution in [-0.2, 0) is 0 Å². The van der Waals surface area contributed by atoms with Crippen molar-refractivity contribution in [3.63, 3.8) is 0 Å². The fraction of sp³-hybridized carbons (Fsp3) is 0.556. The number of hydrogen-bond acceptors (Lipinski definition) is 4. The molecule has 4 nitrogen and oxygen atoms in total. The van der Waals surface area contributed by atoms with E-state index in [0.29, 0.717) is 0 Å². The van der Waals surface area contributed by atoms with Gasteiger partial charge in [-0.3, -0.25) is 0 Å². The molecule has 5 heteroatoms. The molecule has 76 valence electrons. The van der Waals surface area contributed by atoms with Crippen molar-refractivity contribution >= 4 is 28.4 Å². The third-order valence-corrected chi connectivity index (χ3v) is 3.17. The van der Waals surface area contributed by atoms with Crippen LogP contribution in [0.15, 0.2) is 12.5 Å². The average Bonchev–Trinajstić information content (AvgIpc) is 2.18. The summed E-state index contributed by atoms with van der Waals surface area (Å²) in [5.41, 5.74) is 5.93. The quantitative estimate of drug-likeness (QED) is 0.787. The highest BCUT2D eigenvalue weighted by atomic mass is 127. The van der Waals surface area contributed by atoms with Crippen molar-refractivity contribution in [2.24, 2.45) is 5.73 Å². The van der Waals surface area contributed by atoms with Crippen molar-refractivity contribution in [1.82, 2.24) is 9.97 Å². The van der Waals surface area contributed by atoms with Gasteiger partial charge in [-0.15, -0.1) is 0 Å². The molecule has 1 saturated heterocycles. The Bertz CT molecular complexity index is 317. The molecule has 0 unspecified atom stereocenters. The molecule has 0 bridgehead atoms. The minimum absolute atomic E-state index is 0.287. The lowest BCUT2D eigenvalue weighted by Crippen LogP contribution is -2.43. The number of hydrogen-bond donors (Lipinski definition) is 1. The molecule has 0 radical (unpaired) electrons. The van der Waals surface area contributed by atoms with Crippen molar-refractivity contribution in [3.8, 4) is 0 Å². The second kappa shape index (κ2) is 4.39. The van der Waals surface area contributed by atoms with Crippen molar-refractivity contribution < 1.29 is 0 Å². The predicted molar refractivity (Wildman–Crippen MR) is 64.2 cm³/mol. The molecule has 2 rings (SSSR count). The minimum atomic E-state index is 0.287. The van der Waals surface area contributed by atoms with Crippen LogP contribution in [-0.4, -0.2) is 29.1 Å². The first kappa shape index (κ1) is 10.1. The lowest BCUT2D eigenvalue weighted by molar-refractivity contribution is 0.502. The van der Waals surface area contributed by atoms with Crippen LogP contribution >= 0.6 is 22.6 Å². The van der Waals surface area contributed by atoms with E-state index in [-0.39, 0.29) is 6.04 Å². The van der Waals surface area contributed by atoms with Gasteiger partial charge in [0.2, 0.25) is 0 Å². The van der Waals surface area contributed by atoms with Gasteiger partial charge < -0.3 is 10.6 Å². The molecule has 1 atom stereocenters. The number of anilines is 1. The highest BCUT2D eigenvalue weighted by molar-refractivity contribution is 14.1. The maximum absolute atomic E-state index is 5.93. The zero-order valence-electron chi connectivity index (χ0n) is 7.86. The smallest absolute Gasteiger partial charge is 0.145 e. The largest absolute Gasteiger partial charge is 0.354 e. The van der Waals surface area contributed by atoms with E-state index in [1.54, 1.807) is 6.33 Å². The SMILES string of the molecule is N[C@@H]1CCCN(c2ncncc2I)C1. The van der Waals surface area contributed by atoms with E-state index in [0.717, 1.165) is 35.3 Å². The van der Waals surface area contributed by atoms with Gasteiger partial charge in [0.05, 0.1) is 3.57 Å². The van der Waals surface area contributed by atoms with E-state index in [9.17, 15) is 0 Å². The Hall–Kier alpha value is -0.430. The minimum Gasteiger partial charge on any atom is -0.354 e. The molecule has 2 N–H and O–H groups in total. The maximum atomic E-state index is 5.93. The highest BCUT2D eigenvalue weighted by Gasteiger charge is 2.19. The number of aromatic nitrogens is 2. The Morgan fingerprint density at radius 2 is 2.43 bits per heavy atom. The first-order valence-corrected chi connectivity index (χ1v) is 5.81. The number of nitrogens with zero attached hydrogens (tertiary/aromatic N) is 3. The van der Waals surface area contributed by atoms with Gasteiger partial charge in [0.15, 0.2) is 0 Å². The third-order valence-electron chi connectivity index (χ3n) is 2.41. The van der Waals surface area contributed by atoms with E-state index in [2.05, 4.69) is 37.5 Å². The molecular formula is C9H13IN4. The van der Waals surface area contributed by atoms with Crippen LogP contribution < -0.4 is 10.6 Å². The Kier molecular flexibility index (Phi) is 3.17. The fourth-order valence-electron chi connectivity index (χ4n) is 1.74. The molecule has 0 spiro atoms. The van der Waals surface area contributed by atoms with E-state index in [1.165, 1.54) is 0 Å². The van der Waals surface area contributed by atoms with Gasteiger partial charge in [-0.2, -0.15) is 0 Å². The fourth-order valence-corrected chi connectivity index (χ4v) is 2.38. The molecule has 2 heterocycles. The Balaban J connectivity index is 2.18. The molecule has 1 aromatic heterocycles. The summed E-state index contributed by atoms with van der Waals surface area (Å²) in [6.45, 7) is 1.97. The average molecular weight is 304 g/mol.